The molecule has 0 fully saturated rings. The Morgan fingerprint density at radius 1 is 1.62 bits per heavy atom. The third kappa shape index (κ3) is 3.50. The molecule has 0 amide bonds. The molecular formula is C11H18O2. The van der Waals surface area contributed by atoms with E-state index in [4.69, 9.17) is 11.5 Å². The molecule has 0 aromatic heterocycles. The minimum Gasteiger partial charge on any atom is -0.481 e. The van der Waals surface area contributed by atoms with Gasteiger partial charge in [0.05, 0.1) is 5.92 Å². The number of hydrogen-bond donors (Lipinski definition) is 1. The van der Waals surface area contributed by atoms with Crippen LogP contribution in [0, 0.1) is 23.7 Å². The van der Waals surface area contributed by atoms with Crippen molar-refractivity contribution in [1.82, 2.24) is 0 Å². The topological polar surface area (TPSA) is 37.3 Å². The molecule has 0 bridgehead atoms. The van der Waals surface area contributed by atoms with Gasteiger partial charge in [0.2, 0.25) is 0 Å². The molecule has 13 heavy (non-hydrogen) atoms. The predicted octanol–water partition coefficient (Wildman–Crippen LogP) is 2.54. The second kappa shape index (κ2) is 4.91. The lowest BCUT2D eigenvalue weighted by molar-refractivity contribution is -0.145. The van der Waals surface area contributed by atoms with E-state index in [1.165, 1.54) is 0 Å². The van der Waals surface area contributed by atoms with Crippen molar-refractivity contribution < 1.29 is 9.90 Å². The van der Waals surface area contributed by atoms with E-state index >= 15 is 0 Å². The van der Waals surface area contributed by atoms with Crippen LogP contribution in [0.2, 0.25) is 0 Å². The maximum atomic E-state index is 10.9. The van der Waals surface area contributed by atoms with E-state index in [-0.39, 0.29) is 5.41 Å². The smallest absolute Gasteiger partial charge is 0.308 e. The average molecular weight is 182 g/mol. The van der Waals surface area contributed by atoms with Crippen LogP contribution in [0.4, 0.5) is 0 Å². The number of carboxylic acid groups (broad SMARTS) is 1. The molecule has 0 aliphatic carbocycles. The molecule has 1 unspecified atom stereocenters. The molecule has 0 radical (unpaired) electrons. The molecule has 0 spiro atoms. The van der Waals surface area contributed by atoms with Crippen LogP contribution in [0.25, 0.3) is 0 Å². The van der Waals surface area contributed by atoms with Gasteiger partial charge in [-0.15, -0.1) is 12.3 Å². The molecule has 0 saturated heterocycles. The molecule has 0 aromatic carbocycles. The van der Waals surface area contributed by atoms with E-state index in [0.717, 1.165) is 12.8 Å². The summed E-state index contributed by atoms with van der Waals surface area (Å²) in [6.07, 6.45) is 7.35. The maximum absolute atomic E-state index is 10.9. The van der Waals surface area contributed by atoms with Crippen LogP contribution < -0.4 is 0 Å². The molecule has 0 aliphatic rings. The Bertz CT molecular complexity index is 211. The van der Waals surface area contributed by atoms with Crippen molar-refractivity contribution in [3.8, 4) is 12.3 Å². The third-order valence-electron chi connectivity index (χ3n) is 2.46. The minimum atomic E-state index is -0.781. The fraction of sp³-hybridized carbons (Fsp3) is 0.727. The summed E-state index contributed by atoms with van der Waals surface area (Å²) in [5.41, 5.74) is -0.201. The van der Waals surface area contributed by atoms with E-state index in [0.29, 0.717) is 6.42 Å². The number of carbonyl (C=O) groups is 1. The highest BCUT2D eigenvalue weighted by Gasteiger charge is 2.33. The minimum absolute atomic E-state index is 0.201. The summed E-state index contributed by atoms with van der Waals surface area (Å²) in [5.74, 6) is 1.23. The van der Waals surface area contributed by atoms with Crippen LogP contribution in [0.1, 0.15) is 40.0 Å². The molecule has 0 aliphatic heterocycles. The van der Waals surface area contributed by atoms with Crippen LogP contribution in [0.15, 0.2) is 0 Å². The summed E-state index contributed by atoms with van der Waals surface area (Å²) in [7, 11) is 0. The Morgan fingerprint density at radius 3 is 2.46 bits per heavy atom. The molecule has 1 N–H and O–H groups in total. The highest BCUT2D eigenvalue weighted by molar-refractivity contribution is 5.71. The van der Waals surface area contributed by atoms with Gasteiger partial charge in [-0.2, -0.15) is 0 Å². The SMILES string of the molecule is C#CCC(C(=O)O)C(C)(C)CCC. The highest BCUT2D eigenvalue weighted by Crippen LogP contribution is 2.34. The number of terminal acetylenes is 1. The normalized spacial score (nSPS) is 13.4. The van der Waals surface area contributed by atoms with Crippen molar-refractivity contribution in [3.05, 3.63) is 0 Å². The van der Waals surface area contributed by atoms with Crippen LogP contribution in [0.3, 0.4) is 0 Å². The Balaban J connectivity index is 4.53. The van der Waals surface area contributed by atoms with Gasteiger partial charge in [-0.05, 0) is 11.8 Å². The van der Waals surface area contributed by atoms with E-state index in [1.54, 1.807) is 0 Å². The number of aliphatic carboxylic acids is 1. The number of rotatable bonds is 5. The molecule has 0 saturated carbocycles. The highest BCUT2D eigenvalue weighted by atomic mass is 16.4. The van der Waals surface area contributed by atoms with Gasteiger partial charge >= 0.3 is 5.97 Å². The van der Waals surface area contributed by atoms with E-state index in [1.807, 2.05) is 13.8 Å². The Morgan fingerprint density at radius 2 is 2.15 bits per heavy atom. The number of hydrogen-bond acceptors (Lipinski definition) is 1. The van der Waals surface area contributed by atoms with Crippen molar-refractivity contribution in [2.24, 2.45) is 11.3 Å². The summed E-state index contributed by atoms with van der Waals surface area (Å²) < 4.78 is 0. The summed E-state index contributed by atoms with van der Waals surface area (Å²) in [4.78, 5) is 10.9. The van der Waals surface area contributed by atoms with Crippen molar-refractivity contribution in [2.45, 2.75) is 40.0 Å². The zero-order chi connectivity index (χ0) is 10.5. The second-order valence-corrected chi connectivity index (χ2v) is 4.04. The van der Waals surface area contributed by atoms with Gasteiger partial charge in [0.15, 0.2) is 0 Å². The van der Waals surface area contributed by atoms with Gasteiger partial charge in [-0.3, -0.25) is 4.79 Å². The summed E-state index contributed by atoms with van der Waals surface area (Å²) in [6.45, 7) is 5.98. The first-order valence-electron chi connectivity index (χ1n) is 4.62. The van der Waals surface area contributed by atoms with Gasteiger partial charge in [0.1, 0.15) is 0 Å². The molecule has 0 aromatic rings. The fourth-order valence-corrected chi connectivity index (χ4v) is 1.63. The van der Waals surface area contributed by atoms with Gasteiger partial charge in [0, 0.05) is 6.42 Å². The van der Waals surface area contributed by atoms with E-state index < -0.39 is 11.9 Å². The molecule has 1 atom stereocenters. The average Bonchev–Trinajstić information content (AvgIpc) is 1.99. The Kier molecular flexibility index (Phi) is 4.55. The monoisotopic (exact) mass is 182 g/mol. The van der Waals surface area contributed by atoms with Crippen LogP contribution >= 0.6 is 0 Å². The molecule has 0 heterocycles. The standard InChI is InChI=1S/C11H18O2/c1-5-7-9(10(12)13)11(3,4)8-6-2/h1,9H,6-8H2,2-4H3,(H,12,13). The van der Waals surface area contributed by atoms with Crippen molar-refractivity contribution in [1.29, 1.82) is 0 Å². The zero-order valence-corrected chi connectivity index (χ0v) is 8.63. The zero-order valence-electron chi connectivity index (χ0n) is 8.63. The largest absolute Gasteiger partial charge is 0.481 e. The lowest BCUT2D eigenvalue weighted by Crippen LogP contribution is -2.30. The van der Waals surface area contributed by atoms with Crippen molar-refractivity contribution in [2.75, 3.05) is 0 Å². The summed E-state index contributed by atoms with van der Waals surface area (Å²) in [6, 6.07) is 0. The lowest BCUT2D eigenvalue weighted by atomic mass is 9.74. The van der Waals surface area contributed by atoms with Crippen LogP contribution in [0.5, 0.6) is 0 Å². The maximum Gasteiger partial charge on any atom is 0.308 e. The first-order chi connectivity index (χ1) is 5.95. The van der Waals surface area contributed by atoms with E-state index in [2.05, 4.69) is 12.8 Å². The van der Waals surface area contributed by atoms with Crippen molar-refractivity contribution in [3.63, 3.8) is 0 Å². The molecule has 74 valence electrons. The number of carboxylic acids is 1. The van der Waals surface area contributed by atoms with Gasteiger partial charge in [-0.1, -0.05) is 27.2 Å². The van der Waals surface area contributed by atoms with Gasteiger partial charge in [-0.25, -0.2) is 0 Å². The molecule has 2 heteroatoms. The quantitative estimate of drug-likeness (QED) is 0.663. The summed E-state index contributed by atoms with van der Waals surface area (Å²) >= 11 is 0. The fourth-order valence-electron chi connectivity index (χ4n) is 1.63. The van der Waals surface area contributed by atoms with Crippen LogP contribution in [-0.2, 0) is 4.79 Å². The second-order valence-electron chi connectivity index (χ2n) is 4.04. The first-order valence-corrected chi connectivity index (χ1v) is 4.62. The van der Waals surface area contributed by atoms with Gasteiger partial charge < -0.3 is 5.11 Å². The van der Waals surface area contributed by atoms with Gasteiger partial charge in [0.25, 0.3) is 0 Å². The molecule has 2 nitrogen and oxygen atoms in total. The Labute approximate surface area is 80.3 Å². The Hall–Kier alpha value is -0.970. The molecular weight excluding hydrogens is 164 g/mol. The summed E-state index contributed by atoms with van der Waals surface area (Å²) in [5, 5.41) is 8.97. The van der Waals surface area contributed by atoms with E-state index in [9.17, 15) is 4.79 Å². The van der Waals surface area contributed by atoms with Crippen LogP contribution in [-0.4, -0.2) is 11.1 Å². The third-order valence-corrected chi connectivity index (χ3v) is 2.46. The lowest BCUT2D eigenvalue weighted by Gasteiger charge is -2.29. The predicted molar refractivity (Wildman–Crippen MR) is 53.3 cm³/mol. The molecule has 0 rings (SSSR count). The van der Waals surface area contributed by atoms with Crippen molar-refractivity contribution >= 4 is 5.97 Å². The first kappa shape index (κ1) is 12.0.